The number of benzene rings is 1. The summed E-state index contributed by atoms with van der Waals surface area (Å²) < 4.78 is 9.64. The van der Waals surface area contributed by atoms with E-state index in [9.17, 15) is 4.79 Å². The molecule has 0 heterocycles. The van der Waals surface area contributed by atoms with Crippen LogP contribution in [0, 0.1) is 0 Å². The van der Waals surface area contributed by atoms with Crippen LogP contribution in [0.4, 0.5) is 0 Å². The molecule has 0 aliphatic heterocycles. The van der Waals surface area contributed by atoms with Crippen molar-refractivity contribution in [1.29, 1.82) is 0 Å². The van der Waals surface area contributed by atoms with Gasteiger partial charge in [-0.1, -0.05) is 0 Å². The lowest BCUT2D eigenvalue weighted by Gasteiger charge is -2.06. The normalized spacial score (nSPS) is 10.3. The van der Waals surface area contributed by atoms with Gasteiger partial charge in [-0.15, -0.1) is 0 Å². The number of nitrogens with two attached hydrogens (primary N) is 1. The molecule has 0 radical (unpaired) electrons. The standard InChI is InChI=1S/C10H12N2O3/c1-14-9-4-3-7(6-12-11)5-8(9)10(13)15-2/h3-6H,11H2,1-2H3. The fraction of sp³-hybridized carbons (Fsp3) is 0.200. The average molecular weight is 208 g/mol. The molecule has 5 heteroatoms. The molecule has 0 saturated heterocycles. The molecule has 0 atom stereocenters. The molecule has 5 nitrogen and oxygen atoms in total. The molecule has 0 unspecified atom stereocenters. The van der Waals surface area contributed by atoms with Crippen LogP contribution in [0.3, 0.4) is 0 Å². The Kier molecular flexibility index (Phi) is 3.68. The van der Waals surface area contributed by atoms with Crippen molar-refractivity contribution in [2.24, 2.45) is 10.9 Å². The molecule has 80 valence electrons. The lowest BCUT2D eigenvalue weighted by molar-refractivity contribution is 0.0597. The van der Waals surface area contributed by atoms with Gasteiger partial charge in [-0.25, -0.2) is 4.79 Å². The number of carbonyl (C=O) groups excluding carboxylic acids is 1. The maximum absolute atomic E-state index is 11.4. The van der Waals surface area contributed by atoms with E-state index in [2.05, 4.69) is 9.84 Å². The van der Waals surface area contributed by atoms with Crippen LogP contribution in [0.15, 0.2) is 23.3 Å². The summed E-state index contributed by atoms with van der Waals surface area (Å²) in [6, 6.07) is 4.99. The van der Waals surface area contributed by atoms with Gasteiger partial charge in [0.25, 0.3) is 0 Å². The van der Waals surface area contributed by atoms with E-state index in [4.69, 9.17) is 10.6 Å². The Balaban J connectivity index is 3.18. The Morgan fingerprint density at radius 1 is 1.47 bits per heavy atom. The molecule has 1 rings (SSSR count). The molecule has 0 amide bonds. The average Bonchev–Trinajstić information content (AvgIpc) is 2.28. The molecule has 1 aromatic carbocycles. The third-order valence-corrected chi connectivity index (χ3v) is 1.85. The number of hydrazone groups is 1. The zero-order valence-corrected chi connectivity index (χ0v) is 8.56. The van der Waals surface area contributed by atoms with E-state index < -0.39 is 5.97 Å². The van der Waals surface area contributed by atoms with Gasteiger partial charge in [-0.2, -0.15) is 5.10 Å². The topological polar surface area (TPSA) is 73.9 Å². The molecule has 0 aromatic heterocycles. The van der Waals surface area contributed by atoms with Crippen LogP contribution in [0.5, 0.6) is 5.75 Å². The molecule has 0 saturated carbocycles. The highest BCUT2D eigenvalue weighted by molar-refractivity contribution is 5.95. The summed E-state index contributed by atoms with van der Waals surface area (Å²) >= 11 is 0. The summed E-state index contributed by atoms with van der Waals surface area (Å²) in [5.74, 6) is 5.01. The number of nitrogens with zero attached hydrogens (tertiary/aromatic N) is 1. The summed E-state index contributed by atoms with van der Waals surface area (Å²) in [6.07, 6.45) is 1.44. The van der Waals surface area contributed by atoms with E-state index >= 15 is 0 Å². The summed E-state index contributed by atoms with van der Waals surface area (Å²) in [5, 5.41) is 3.37. The number of carbonyl (C=O) groups is 1. The third kappa shape index (κ3) is 2.46. The summed E-state index contributed by atoms with van der Waals surface area (Å²) in [4.78, 5) is 11.4. The van der Waals surface area contributed by atoms with Crippen molar-refractivity contribution < 1.29 is 14.3 Å². The first kappa shape index (κ1) is 11.0. The zero-order chi connectivity index (χ0) is 11.3. The van der Waals surface area contributed by atoms with Gasteiger partial charge >= 0.3 is 5.97 Å². The molecule has 0 aliphatic rings. The number of hydrogen-bond donors (Lipinski definition) is 1. The van der Waals surface area contributed by atoms with E-state index in [0.717, 1.165) is 0 Å². The number of ether oxygens (including phenoxy) is 2. The summed E-state index contributed by atoms with van der Waals surface area (Å²) in [6.45, 7) is 0. The van der Waals surface area contributed by atoms with Crippen LogP contribution >= 0.6 is 0 Å². The van der Waals surface area contributed by atoms with Crippen LogP contribution in [-0.2, 0) is 4.74 Å². The Morgan fingerprint density at radius 3 is 2.73 bits per heavy atom. The van der Waals surface area contributed by atoms with Crippen molar-refractivity contribution >= 4 is 12.2 Å². The second-order valence-corrected chi connectivity index (χ2v) is 2.73. The first-order valence-electron chi connectivity index (χ1n) is 4.22. The van der Waals surface area contributed by atoms with E-state index in [-0.39, 0.29) is 0 Å². The Labute approximate surface area is 87.5 Å². The maximum Gasteiger partial charge on any atom is 0.341 e. The van der Waals surface area contributed by atoms with E-state index in [1.54, 1.807) is 18.2 Å². The Bertz CT molecular complexity index is 388. The number of rotatable bonds is 3. The monoisotopic (exact) mass is 208 g/mol. The van der Waals surface area contributed by atoms with Gasteiger partial charge in [-0.05, 0) is 23.8 Å². The zero-order valence-electron chi connectivity index (χ0n) is 8.56. The predicted octanol–water partition coefficient (Wildman–Crippen LogP) is 0.774. The van der Waals surface area contributed by atoms with E-state index in [1.165, 1.54) is 20.4 Å². The second-order valence-electron chi connectivity index (χ2n) is 2.73. The SMILES string of the molecule is COC(=O)c1cc(C=NN)ccc1OC. The minimum atomic E-state index is -0.459. The molecule has 1 aromatic rings. The lowest BCUT2D eigenvalue weighted by Crippen LogP contribution is -2.05. The van der Waals surface area contributed by atoms with Gasteiger partial charge in [0, 0.05) is 0 Å². The third-order valence-electron chi connectivity index (χ3n) is 1.85. The molecular weight excluding hydrogens is 196 g/mol. The highest BCUT2D eigenvalue weighted by atomic mass is 16.5. The largest absolute Gasteiger partial charge is 0.496 e. The molecule has 0 aliphatic carbocycles. The molecule has 0 bridgehead atoms. The van der Waals surface area contributed by atoms with E-state index in [0.29, 0.717) is 16.9 Å². The number of methoxy groups -OCH3 is 2. The van der Waals surface area contributed by atoms with Crippen molar-refractivity contribution in [1.82, 2.24) is 0 Å². The van der Waals surface area contributed by atoms with Crippen LogP contribution in [0.1, 0.15) is 15.9 Å². The van der Waals surface area contributed by atoms with Gasteiger partial charge < -0.3 is 15.3 Å². The van der Waals surface area contributed by atoms with E-state index in [1.807, 2.05) is 0 Å². The fourth-order valence-corrected chi connectivity index (χ4v) is 1.16. The van der Waals surface area contributed by atoms with Crippen molar-refractivity contribution in [2.45, 2.75) is 0 Å². The van der Waals surface area contributed by atoms with Crippen LogP contribution in [0.25, 0.3) is 0 Å². The molecular formula is C10H12N2O3. The summed E-state index contributed by atoms with van der Waals surface area (Å²) in [7, 11) is 2.80. The van der Waals surface area contributed by atoms with Crippen molar-refractivity contribution in [3.8, 4) is 5.75 Å². The van der Waals surface area contributed by atoms with Crippen molar-refractivity contribution in [3.05, 3.63) is 29.3 Å². The van der Waals surface area contributed by atoms with Crippen molar-refractivity contribution in [3.63, 3.8) is 0 Å². The lowest BCUT2D eigenvalue weighted by atomic mass is 10.1. The summed E-state index contributed by atoms with van der Waals surface area (Å²) in [5.41, 5.74) is 1.05. The molecule has 0 spiro atoms. The number of esters is 1. The molecule has 0 fully saturated rings. The van der Waals surface area contributed by atoms with Gasteiger partial charge in [0.15, 0.2) is 0 Å². The quantitative estimate of drug-likeness (QED) is 0.344. The van der Waals surface area contributed by atoms with Crippen LogP contribution in [-0.4, -0.2) is 26.4 Å². The minimum absolute atomic E-state index is 0.345. The first-order valence-corrected chi connectivity index (χ1v) is 4.22. The highest BCUT2D eigenvalue weighted by Gasteiger charge is 2.12. The van der Waals surface area contributed by atoms with Gasteiger partial charge in [0.2, 0.25) is 0 Å². The number of hydrogen-bond acceptors (Lipinski definition) is 5. The predicted molar refractivity (Wildman–Crippen MR) is 56.1 cm³/mol. The van der Waals surface area contributed by atoms with Gasteiger partial charge in [0.05, 0.1) is 20.4 Å². The van der Waals surface area contributed by atoms with Gasteiger partial charge in [0.1, 0.15) is 11.3 Å². The van der Waals surface area contributed by atoms with Crippen molar-refractivity contribution in [2.75, 3.05) is 14.2 Å². The smallest absolute Gasteiger partial charge is 0.341 e. The maximum atomic E-state index is 11.4. The van der Waals surface area contributed by atoms with Crippen LogP contribution in [0.2, 0.25) is 0 Å². The Morgan fingerprint density at radius 2 is 2.20 bits per heavy atom. The molecule has 15 heavy (non-hydrogen) atoms. The highest BCUT2D eigenvalue weighted by Crippen LogP contribution is 2.19. The van der Waals surface area contributed by atoms with Crippen LogP contribution < -0.4 is 10.6 Å². The van der Waals surface area contributed by atoms with Gasteiger partial charge in [-0.3, -0.25) is 0 Å². The minimum Gasteiger partial charge on any atom is -0.496 e. The fourth-order valence-electron chi connectivity index (χ4n) is 1.16. The Hall–Kier alpha value is -2.04. The first-order chi connectivity index (χ1) is 7.22. The second kappa shape index (κ2) is 4.99. The molecule has 2 N–H and O–H groups in total.